The van der Waals surface area contributed by atoms with Crippen LogP contribution in [0.1, 0.15) is 34.8 Å². The van der Waals surface area contributed by atoms with Gasteiger partial charge in [0.2, 0.25) is 0 Å². The first-order valence-electron chi connectivity index (χ1n) is 8.72. The molecule has 1 amide bonds. The number of carbonyl (C=O) groups excluding carboxylic acids is 1. The van der Waals surface area contributed by atoms with Gasteiger partial charge in [0.1, 0.15) is 5.56 Å². The van der Waals surface area contributed by atoms with E-state index in [1.54, 1.807) is 17.7 Å². The Labute approximate surface area is 179 Å². The Morgan fingerprint density at radius 2 is 2.00 bits per heavy atom. The molecule has 0 saturated carbocycles. The lowest BCUT2D eigenvalue weighted by molar-refractivity contribution is 0.102. The minimum Gasteiger partial charge on any atom is -0.322 e. The summed E-state index contributed by atoms with van der Waals surface area (Å²) in [5, 5.41) is 7.14. The zero-order valence-corrected chi connectivity index (χ0v) is 17.8. The fourth-order valence-electron chi connectivity index (χ4n) is 3.43. The van der Waals surface area contributed by atoms with E-state index < -0.39 is 0 Å². The highest BCUT2D eigenvalue weighted by Gasteiger charge is 2.21. The van der Waals surface area contributed by atoms with Gasteiger partial charge in [-0.25, -0.2) is 0 Å². The van der Waals surface area contributed by atoms with E-state index in [4.69, 9.17) is 0 Å². The summed E-state index contributed by atoms with van der Waals surface area (Å²) in [5.41, 5.74) is 1.36. The van der Waals surface area contributed by atoms with Gasteiger partial charge in [-0.05, 0) is 74.2 Å². The summed E-state index contributed by atoms with van der Waals surface area (Å²) in [4.78, 5) is 25.8. The number of aryl methyl sites for hydroxylation is 1. The van der Waals surface area contributed by atoms with Crippen molar-refractivity contribution in [3.05, 3.63) is 58.1 Å². The molecule has 3 heterocycles. The number of amides is 1. The zero-order valence-electron chi connectivity index (χ0n) is 15.3. The van der Waals surface area contributed by atoms with Crippen LogP contribution < -0.4 is 16.2 Å². The van der Waals surface area contributed by atoms with E-state index in [0.29, 0.717) is 11.3 Å². The predicted molar refractivity (Wildman–Crippen MR) is 119 cm³/mol. The van der Waals surface area contributed by atoms with Gasteiger partial charge in [0, 0.05) is 29.5 Å². The topological polar surface area (TPSA) is 76.0 Å². The minimum absolute atomic E-state index is 0. The Morgan fingerprint density at radius 3 is 2.75 bits per heavy atom. The Kier molecular flexibility index (Phi) is 7.60. The maximum Gasteiger partial charge on any atom is 0.263 e. The Balaban J connectivity index is 0.00000140. The summed E-state index contributed by atoms with van der Waals surface area (Å²) in [6.07, 6.45) is 5.37. The molecular formula is C19H22Cl2N4O2S. The molecule has 150 valence electrons. The molecule has 0 unspecified atom stereocenters. The maximum absolute atomic E-state index is 13.0. The van der Waals surface area contributed by atoms with Crippen molar-refractivity contribution in [2.45, 2.75) is 25.8 Å². The van der Waals surface area contributed by atoms with Crippen molar-refractivity contribution >= 4 is 58.0 Å². The Morgan fingerprint density at radius 1 is 1.25 bits per heavy atom. The van der Waals surface area contributed by atoms with Crippen LogP contribution in [0.25, 0.3) is 10.1 Å². The number of halogens is 2. The number of benzene rings is 1. The largest absolute Gasteiger partial charge is 0.322 e. The van der Waals surface area contributed by atoms with Gasteiger partial charge in [0.15, 0.2) is 0 Å². The molecule has 1 aliphatic heterocycles. The van der Waals surface area contributed by atoms with Crippen LogP contribution in [0, 0.1) is 6.92 Å². The van der Waals surface area contributed by atoms with Gasteiger partial charge in [-0.15, -0.1) is 24.8 Å². The van der Waals surface area contributed by atoms with Gasteiger partial charge >= 0.3 is 0 Å². The molecule has 2 N–H and O–H groups in total. The van der Waals surface area contributed by atoms with Gasteiger partial charge in [-0.1, -0.05) is 0 Å². The number of rotatable bonds is 3. The molecular weight excluding hydrogens is 419 g/mol. The van der Waals surface area contributed by atoms with Crippen LogP contribution in [0.15, 0.2) is 41.5 Å². The molecule has 3 aromatic rings. The standard InChI is InChI=1S/C19H20N4O2S.2ClH/c1-12-6-9-23(15-4-7-20-8-5-15)19(25)17(12)18(24)22-14-2-3-16-13(10-14)11-21-26-16;;/h2-3,6,9-11,15,20H,4-5,7-8H2,1H3,(H,22,24);2*1H. The summed E-state index contributed by atoms with van der Waals surface area (Å²) in [5.74, 6) is -0.363. The minimum atomic E-state index is -0.363. The first kappa shape index (κ1) is 22.4. The number of hydrogen-bond donors (Lipinski definition) is 2. The number of pyridine rings is 1. The lowest BCUT2D eigenvalue weighted by Crippen LogP contribution is -2.37. The molecule has 0 bridgehead atoms. The molecule has 0 radical (unpaired) electrons. The number of nitrogens with one attached hydrogen (secondary N) is 2. The summed E-state index contributed by atoms with van der Waals surface area (Å²) in [7, 11) is 0. The smallest absolute Gasteiger partial charge is 0.263 e. The molecule has 1 aromatic carbocycles. The number of anilines is 1. The molecule has 1 aliphatic rings. The van der Waals surface area contributed by atoms with Crippen molar-refractivity contribution in [2.75, 3.05) is 18.4 Å². The lowest BCUT2D eigenvalue weighted by atomic mass is 10.0. The third-order valence-electron chi connectivity index (χ3n) is 4.87. The number of fused-ring (bicyclic) bond motifs is 1. The number of hydrogen-bond acceptors (Lipinski definition) is 5. The lowest BCUT2D eigenvalue weighted by Gasteiger charge is -2.25. The second kappa shape index (κ2) is 9.52. The monoisotopic (exact) mass is 440 g/mol. The quantitative estimate of drug-likeness (QED) is 0.649. The van der Waals surface area contributed by atoms with Crippen LogP contribution in [0.4, 0.5) is 5.69 Å². The second-order valence-electron chi connectivity index (χ2n) is 6.60. The van der Waals surface area contributed by atoms with Gasteiger partial charge in [0.05, 0.1) is 4.70 Å². The third-order valence-corrected chi connectivity index (χ3v) is 5.65. The second-order valence-corrected chi connectivity index (χ2v) is 7.43. The average molecular weight is 441 g/mol. The summed E-state index contributed by atoms with van der Waals surface area (Å²) < 4.78 is 6.92. The first-order valence-corrected chi connectivity index (χ1v) is 9.49. The third kappa shape index (κ3) is 4.38. The molecule has 2 aromatic heterocycles. The van der Waals surface area contributed by atoms with E-state index in [1.807, 2.05) is 30.5 Å². The highest BCUT2D eigenvalue weighted by atomic mass is 35.5. The van der Waals surface area contributed by atoms with Crippen molar-refractivity contribution in [3.8, 4) is 0 Å². The van der Waals surface area contributed by atoms with Crippen LogP contribution in [0.3, 0.4) is 0 Å². The molecule has 1 saturated heterocycles. The van der Waals surface area contributed by atoms with Gasteiger partial charge in [-0.3, -0.25) is 9.59 Å². The van der Waals surface area contributed by atoms with E-state index in [1.165, 1.54) is 11.5 Å². The van der Waals surface area contributed by atoms with E-state index in [0.717, 1.165) is 36.0 Å². The summed E-state index contributed by atoms with van der Waals surface area (Å²) >= 11 is 1.41. The number of piperidine rings is 1. The Bertz CT molecular complexity index is 1030. The van der Waals surface area contributed by atoms with E-state index in [2.05, 4.69) is 15.0 Å². The van der Waals surface area contributed by atoms with E-state index in [-0.39, 0.29) is 47.9 Å². The van der Waals surface area contributed by atoms with Crippen LogP contribution in [-0.4, -0.2) is 27.9 Å². The van der Waals surface area contributed by atoms with Gasteiger partial charge in [-0.2, -0.15) is 4.37 Å². The van der Waals surface area contributed by atoms with Gasteiger partial charge < -0.3 is 15.2 Å². The van der Waals surface area contributed by atoms with E-state index in [9.17, 15) is 9.59 Å². The van der Waals surface area contributed by atoms with Crippen LogP contribution in [-0.2, 0) is 0 Å². The highest BCUT2D eigenvalue weighted by Crippen LogP contribution is 2.22. The van der Waals surface area contributed by atoms with Crippen LogP contribution >= 0.6 is 36.3 Å². The number of nitrogens with zero attached hydrogens (tertiary/aromatic N) is 2. The van der Waals surface area contributed by atoms with Crippen molar-refractivity contribution in [3.63, 3.8) is 0 Å². The molecule has 6 nitrogen and oxygen atoms in total. The molecule has 9 heteroatoms. The summed E-state index contributed by atoms with van der Waals surface area (Å²) in [6.45, 7) is 3.58. The fourth-order valence-corrected chi connectivity index (χ4v) is 4.06. The molecule has 0 aliphatic carbocycles. The first-order chi connectivity index (χ1) is 12.6. The molecule has 0 spiro atoms. The van der Waals surface area contributed by atoms with Crippen molar-refractivity contribution < 1.29 is 4.79 Å². The number of aromatic nitrogens is 2. The fraction of sp³-hybridized carbons (Fsp3) is 0.316. The summed E-state index contributed by atoms with van der Waals surface area (Å²) in [6, 6.07) is 7.63. The zero-order chi connectivity index (χ0) is 18.1. The molecule has 28 heavy (non-hydrogen) atoms. The van der Waals surface area contributed by atoms with Gasteiger partial charge in [0.25, 0.3) is 11.5 Å². The number of carbonyl (C=O) groups is 1. The normalized spacial score (nSPS) is 14.2. The molecule has 0 atom stereocenters. The van der Waals surface area contributed by atoms with Crippen molar-refractivity contribution in [1.29, 1.82) is 0 Å². The maximum atomic E-state index is 13.0. The van der Waals surface area contributed by atoms with Crippen molar-refractivity contribution in [2.24, 2.45) is 0 Å². The average Bonchev–Trinajstić information content (AvgIpc) is 3.10. The Hall–Kier alpha value is -1.93. The van der Waals surface area contributed by atoms with E-state index >= 15 is 0 Å². The van der Waals surface area contributed by atoms with Crippen molar-refractivity contribution in [1.82, 2.24) is 14.3 Å². The van der Waals surface area contributed by atoms with Crippen LogP contribution in [0.5, 0.6) is 0 Å². The highest BCUT2D eigenvalue weighted by molar-refractivity contribution is 7.13. The molecule has 1 fully saturated rings. The SMILES string of the molecule is Cc1ccn(C2CCNCC2)c(=O)c1C(=O)Nc1ccc2sncc2c1.Cl.Cl. The predicted octanol–water partition coefficient (Wildman–Crippen LogP) is 3.79. The molecule has 4 rings (SSSR count). The van der Waals surface area contributed by atoms with Crippen LogP contribution in [0.2, 0.25) is 0 Å².